The van der Waals surface area contributed by atoms with Crippen LogP contribution in [0.3, 0.4) is 0 Å². The van der Waals surface area contributed by atoms with Crippen LogP contribution in [-0.4, -0.2) is 23.8 Å². The van der Waals surface area contributed by atoms with Crippen molar-refractivity contribution in [2.75, 3.05) is 11.9 Å². The Balaban J connectivity index is 2.09. The van der Waals surface area contributed by atoms with Gasteiger partial charge in [-0.1, -0.05) is 19.4 Å². The molecule has 1 atom stereocenters. The number of thiocarbonyl (C=S) groups is 1. The molecule has 4 nitrogen and oxygen atoms in total. The van der Waals surface area contributed by atoms with Gasteiger partial charge in [0.1, 0.15) is 6.04 Å². The van der Waals surface area contributed by atoms with Gasteiger partial charge in [-0.25, -0.2) is 4.79 Å². The van der Waals surface area contributed by atoms with Crippen LogP contribution in [-0.2, 0) is 16.0 Å². The zero-order valence-electron chi connectivity index (χ0n) is 11.7. The van der Waals surface area contributed by atoms with E-state index in [4.69, 9.17) is 4.74 Å². The summed E-state index contributed by atoms with van der Waals surface area (Å²) >= 11 is 4.63. The van der Waals surface area contributed by atoms with Crippen molar-refractivity contribution in [1.29, 1.82) is 0 Å². The molecular formula is C15H18N2O2S. The number of hydrogen-bond acceptors (Lipinski definition) is 5. The second-order valence-electron chi connectivity index (χ2n) is 4.87. The van der Waals surface area contributed by atoms with Crippen molar-refractivity contribution in [3.05, 3.63) is 23.3 Å². The fourth-order valence-corrected chi connectivity index (χ4v) is 2.40. The van der Waals surface area contributed by atoms with Gasteiger partial charge >= 0.3 is 5.97 Å². The maximum atomic E-state index is 12.0. The summed E-state index contributed by atoms with van der Waals surface area (Å²) in [5.41, 5.74) is 3.85. The number of aliphatic imine (C=N–C) groups is 1. The van der Waals surface area contributed by atoms with Crippen molar-refractivity contribution >= 4 is 34.7 Å². The first-order valence-corrected chi connectivity index (χ1v) is 7.21. The number of benzene rings is 1. The Bertz CT molecular complexity index is 565. The molecule has 0 fully saturated rings. The maximum Gasteiger partial charge on any atom is 0.328 e. The van der Waals surface area contributed by atoms with Crippen molar-refractivity contribution in [1.82, 2.24) is 0 Å². The van der Waals surface area contributed by atoms with Gasteiger partial charge in [0.25, 0.3) is 0 Å². The number of nitrogens with zero attached hydrogens (tertiary/aromatic N) is 1. The smallest absolute Gasteiger partial charge is 0.328 e. The lowest BCUT2D eigenvalue weighted by Crippen LogP contribution is -2.29. The van der Waals surface area contributed by atoms with E-state index in [1.165, 1.54) is 0 Å². The lowest BCUT2D eigenvalue weighted by molar-refractivity contribution is -0.144. The lowest BCUT2D eigenvalue weighted by atomic mass is 10.1. The van der Waals surface area contributed by atoms with Crippen molar-refractivity contribution in [2.45, 2.75) is 39.2 Å². The number of hydrogen-bond donors (Lipinski definition) is 1. The third-order valence-electron chi connectivity index (χ3n) is 3.46. The van der Waals surface area contributed by atoms with Crippen LogP contribution in [0.2, 0.25) is 0 Å². The lowest BCUT2D eigenvalue weighted by Gasteiger charge is -2.11. The fraction of sp³-hybridized carbons (Fsp3) is 0.467. The molecule has 20 heavy (non-hydrogen) atoms. The number of rotatable bonds is 5. The first-order chi connectivity index (χ1) is 9.67. The largest absolute Gasteiger partial charge is 0.464 e. The van der Waals surface area contributed by atoms with Crippen molar-refractivity contribution in [3.8, 4) is 0 Å². The molecule has 0 saturated carbocycles. The van der Waals surface area contributed by atoms with Crippen LogP contribution in [0.25, 0.3) is 0 Å². The molecule has 0 saturated heterocycles. The Kier molecular flexibility index (Phi) is 4.88. The topological polar surface area (TPSA) is 50.7 Å². The molecule has 1 unspecified atom stereocenters. The first-order valence-electron chi connectivity index (χ1n) is 6.81. The van der Waals surface area contributed by atoms with Crippen LogP contribution in [0.4, 0.5) is 11.4 Å². The number of unbranched alkanes of at least 4 members (excludes halogenated alkanes) is 1. The molecule has 1 aromatic rings. The summed E-state index contributed by atoms with van der Waals surface area (Å²) in [4.78, 5) is 16.0. The third-order valence-corrected chi connectivity index (χ3v) is 3.55. The van der Waals surface area contributed by atoms with E-state index in [0.717, 1.165) is 35.3 Å². The van der Waals surface area contributed by atoms with Crippen molar-refractivity contribution in [3.63, 3.8) is 0 Å². The van der Waals surface area contributed by atoms with Crippen LogP contribution in [0, 0.1) is 6.92 Å². The molecular weight excluding hydrogens is 272 g/mol. The second kappa shape index (κ2) is 6.64. The normalized spacial score (nSPS) is 16.0. The number of anilines is 1. The van der Waals surface area contributed by atoms with E-state index in [9.17, 15) is 4.79 Å². The number of carbonyl (C=O) groups is 1. The standard InChI is InChI=1S/C15H18N2O2S/c1-3-4-7-19-15(18)13-8-11-5-6-12(16-9-20)10(2)14(11)17-13/h5-6,13,17H,3-4,7-8H2,1-2H3. The molecule has 1 aliphatic heterocycles. The highest BCUT2D eigenvalue weighted by Gasteiger charge is 2.29. The van der Waals surface area contributed by atoms with Crippen LogP contribution in [0.1, 0.15) is 30.9 Å². The summed E-state index contributed by atoms with van der Waals surface area (Å²) in [6.07, 6.45) is 2.57. The monoisotopic (exact) mass is 290 g/mol. The Hall–Kier alpha value is -1.71. The second-order valence-corrected chi connectivity index (χ2v) is 5.05. The van der Waals surface area contributed by atoms with Gasteiger partial charge in [0.2, 0.25) is 0 Å². The molecule has 0 spiro atoms. The molecule has 0 bridgehead atoms. The Morgan fingerprint density at radius 1 is 1.60 bits per heavy atom. The van der Waals surface area contributed by atoms with E-state index in [0.29, 0.717) is 13.0 Å². The highest BCUT2D eigenvalue weighted by Crippen LogP contribution is 2.35. The average molecular weight is 290 g/mol. The van der Waals surface area contributed by atoms with Gasteiger partial charge in [-0.05, 0) is 42.8 Å². The molecule has 106 valence electrons. The van der Waals surface area contributed by atoms with E-state index in [1.54, 1.807) is 0 Å². The zero-order chi connectivity index (χ0) is 14.5. The van der Waals surface area contributed by atoms with E-state index >= 15 is 0 Å². The van der Waals surface area contributed by atoms with Gasteiger partial charge in [-0.3, -0.25) is 0 Å². The molecule has 1 aliphatic rings. The summed E-state index contributed by atoms with van der Waals surface area (Å²) in [6.45, 7) is 4.52. The summed E-state index contributed by atoms with van der Waals surface area (Å²) in [5.74, 6) is -0.186. The van der Waals surface area contributed by atoms with Gasteiger partial charge in [-0.2, -0.15) is 4.99 Å². The highest BCUT2D eigenvalue weighted by molar-refractivity contribution is 7.78. The number of nitrogens with one attached hydrogen (secondary N) is 1. The number of isothiocyanates is 1. The van der Waals surface area contributed by atoms with E-state index in [1.807, 2.05) is 19.1 Å². The molecule has 0 radical (unpaired) electrons. The number of esters is 1. The van der Waals surface area contributed by atoms with Crippen LogP contribution < -0.4 is 5.32 Å². The summed E-state index contributed by atoms with van der Waals surface area (Å²) in [6, 6.07) is 3.58. The molecule has 0 aliphatic carbocycles. The summed E-state index contributed by atoms with van der Waals surface area (Å²) < 4.78 is 5.26. The maximum absolute atomic E-state index is 12.0. The molecule has 1 N–H and O–H groups in total. The summed E-state index contributed by atoms with van der Waals surface area (Å²) in [7, 11) is 0. The van der Waals surface area contributed by atoms with Gasteiger partial charge < -0.3 is 10.1 Å². The molecule has 5 heteroatoms. The first kappa shape index (κ1) is 14.7. The number of fused-ring (bicyclic) bond motifs is 1. The molecule has 0 amide bonds. The Labute approximate surface area is 124 Å². The minimum atomic E-state index is -0.299. The van der Waals surface area contributed by atoms with E-state index in [2.05, 4.69) is 34.6 Å². The van der Waals surface area contributed by atoms with Gasteiger partial charge in [0.15, 0.2) is 0 Å². The van der Waals surface area contributed by atoms with Crippen LogP contribution >= 0.6 is 12.2 Å². The minimum absolute atomic E-state index is 0.186. The Morgan fingerprint density at radius 2 is 2.40 bits per heavy atom. The molecule has 1 heterocycles. The SMILES string of the molecule is CCCCOC(=O)C1Cc2ccc(N=C=S)c(C)c2N1. The summed E-state index contributed by atoms with van der Waals surface area (Å²) in [5, 5.41) is 5.61. The molecule has 2 rings (SSSR count). The predicted molar refractivity (Wildman–Crippen MR) is 82.8 cm³/mol. The fourth-order valence-electron chi connectivity index (χ4n) is 2.30. The quantitative estimate of drug-likeness (QED) is 0.391. The van der Waals surface area contributed by atoms with Gasteiger partial charge in [0.05, 0.1) is 17.5 Å². The van der Waals surface area contributed by atoms with E-state index < -0.39 is 0 Å². The van der Waals surface area contributed by atoms with E-state index in [-0.39, 0.29) is 12.0 Å². The van der Waals surface area contributed by atoms with Crippen LogP contribution in [0.5, 0.6) is 0 Å². The van der Waals surface area contributed by atoms with Crippen LogP contribution in [0.15, 0.2) is 17.1 Å². The third kappa shape index (κ3) is 3.06. The van der Waals surface area contributed by atoms with Gasteiger partial charge in [-0.15, -0.1) is 0 Å². The predicted octanol–water partition coefficient (Wildman–Crippen LogP) is 3.41. The number of ether oxygens (including phenoxy) is 1. The van der Waals surface area contributed by atoms with Crippen molar-refractivity contribution < 1.29 is 9.53 Å². The Morgan fingerprint density at radius 3 is 3.10 bits per heavy atom. The molecule has 0 aromatic heterocycles. The zero-order valence-corrected chi connectivity index (χ0v) is 12.5. The van der Waals surface area contributed by atoms with Crippen molar-refractivity contribution in [2.24, 2.45) is 4.99 Å². The van der Waals surface area contributed by atoms with Gasteiger partial charge in [0, 0.05) is 12.1 Å². The highest BCUT2D eigenvalue weighted by atomic mass is 32.1. The molecule has 1 aromatic carbocycles. The average Bonchev–Trinajstić information content (AvgIpc) is 2.87. The number of carbonyl (C=O) groups excluding carboxylic acids is 1. The minimum Gasteiger partial charge on any atom is -0.464 e.